The number of amides is 1. The number of carbonyl (C=O) groups is 2. The molecular weight excluding hydrogens is 682 g/mol. The number of rotatable bonds is 8. The summed E-state index contributed by atoms with van der Waals surface area (Å²) in [7, 11) is 0. The monoisotopic (exact) mass is 729 g/mol. The van der Waals surface area contributed by atoms with Gasteiger partial charge in [0.1, 0.15) is 11.4 Å². The molecule has 1 aromatic carbocycles. The number of ether oxygens (including phenoxy) is 2. The fourth-order valence-corrected chi connectivity index (χ4v) is 10.1. The molecule has 1 aromatic heterocycles. The predicted octanol–water partition coefficient (Wildman–Crippen LogP) is 6.44. The van der Waals surface area contributed by atoms with Crippen LogP contribution in [-0.4, -0.2) is 88.8 Å². The van der Waals surface area contributed by atoms with Crippen LogP contribution in [0.5, 0.6) is 5.75 Å². The Morgan fingerprint density at radius 2 is 1.69 bits per heavy atom. The second-order valence-corrected chi connectivity index (χ2v) is 16.4. The molecule has 2 aromatic rings. The maximum atomic E-state index is 15.3. The minimum atomic E-state index is -3.42. The third-order valence-electron chi connectivity index (χ3n) is 12.6. The fourth-order valence-electron chi connectivity index (χ4n) is 10.1. The number of carboxylic acid groups (broad SMARTS) is 1. The van der Waals surface area contributed by atoms with Crippen LogP contribution >= 0.6 is 0 Å². The number of carboxylic acids is 1. The number of nitrogens with one attached hydrogen (secondary N) is 1. The second kappa shape index (κ2) is 13.4. The van der Waals surface area contributed by atoms with Crippen molar-refractivity contribution in [2.45, 2.75) is 113 Å². The number of fused-ring (bicyclic) bond motifs is 4. The third-order valence-corrected chi connectivity index (χ3v) is 12.6. The number of carbonyl (C=O) groups excluding carboxylic acids is 1. The largest absolute Gasteiger partial charge is 0.490 e. The number of aliphatic carboxylic acids is 1. The average molecular weight is 730 g/mol. The number of aromatic nitrogens is 2. The van der Waals surface area contributed by atoms with Gasteiger partial charge in [-0.2, -0.15) is 8.78 Å². The van der Waals surface area contributed by atoms with Crippen LogP contribution in [0, 0.1) is 17.8 Å². The molecule has 2 N–H and O–H groups in total. The first-order chi connectivity index (χ1) is 24.7. The number of alkyl halides is 4. The van der Waals surface area contributed by atoms with Gasteiger partial charge in [0.2, 0.25) is 5.95 Å². The van der Waals surface area contributed by atoms with Crippen molar-refractivity contribution in [2.75, 3.05) is 37.7 Å². The summed E-state index contributed by atoms with van der Waals surface area (Å²) in [6.07, 6.45) is 9.11. The van der Waals surface area contributed by atoms with Gasteiger partial charge in [0.15, 0.2) is 0 Å². The van der Waals surface area contributed by atoms with Gasteiger partial charge in [-0.3, -0.25) is 14.5 Å². The van der Waals surface area contributed by atoms with Crippen LogP contribution in [0.1, 0.15) is 99.2 Å². The number of likely N-dealkylation sites (tertiary alicyclic amines) is 1. The van der Waals surface area contributed by atoms with Gasteiger partial charge in [-0.05, 0) is 106 Å². The first-order valence-electron chi connectivity index (χ1n) is 18.8. The van der Waals surface area contributed by atoms with Crippen molar-refractivity contribution >= 4 is 23.5 Å². The van der Waals surface area contributed by atoms with Crippen molar-refractivity contribution in [2.24, 2.45) is 17.8 Å². The van der Waals surface area contributed by atoms with Crippen LogP contribution < -0.4 is 15.0 Å². The highest BCUT2D eigenvalue weighted by Gasteiger charge is 2.48. The molecule has 1 spiro atoms. The van der Waals surface area contributed by atoms with E-state index in [1.807, 2.05) is 28.0 Å². The molecule has 2 unspecified atom stereocenters. The van der Waals surface area contributed by atoms with Gasteiger partial charge in [-0.1, -0.05) is 0 Å². The smallest absolute Gasteiger partial charge is 0.306 e. The maximum Gasteiger partial charge on any atom is 0.306 e. The van der Waals surface area contributed by atoms with E-state index < -0.39 is 29.4 Å². The molecule has 6 aliphatic rings. The Hall–Kier alpha value is -3.52. The van der Waals surface area contributed by atoms with Crippen molar-refractivity contribution in [1.82, 2.24) is 20.2 Å². The van der Waals surface area contributed by atoms with Crippen molar-refractivity contribution < 1.29 is 41.7 Å². The molecule has 52 heavy (non-hydrogen) atoms. The van der Waals surface area contributed by atoms with Gasteiger partial charge in [0, 0.05) is 56.1 Å². The zero-order valence-corrected chi connectivity index (χ0v) is 29.5. The van der Waals surface area contributed by atoms with Crippen LogP contribution in [-0.2, 0) is 20.9 Å². The van der Waals surface area contributed by atoms with E-state index in [2.05, 4.69) is 15.3 Å². The zero-order valence-electron chi connectivity index (χ0n) is 29.5. The lowest BCUT2D eigenvalue weighted by molar-refractivity contribution is -0.151. The quantitative estimate of drug-likeness (QED) is 0.296. The SMILES string of the molecule is CC(F)(F)c1nc(N2CC3(CCOCC3)c3cc(O[C@H]4CC[C@@H](N5CC(F)(F)C5)CC4)ccc32)ncc1C(=O)NC1CC2CC(C1)CC(C(=O)O)C2. The Labute approximate surface area is 300 Å². The maximum absolute atomic E-state index is 15.3. The third kappa shape index (κ3) is 6.97. The Morgan fingerprint density at radius 3 is 2.33 bits per heavy atom. The van der Waals surface area contributed by atoms with Gasteiger partial charge in [-0.15, -0.1) is 0 Å². The highest BCUT2D eigenvalue weighted by Crippen LogP contribution is 2.50. The van der Waals surface area contributed by atoms with E-state index in [0.29, 0.717) is 51.2 Å². The molecule has 4 heterocycles. The number of benzene rings is 1. The summed E-state index contributed by atoms with van der Waals surface area (Å²) in [5.41, 5.74) is 0.585. The Balaban J connectivity index is 0.998. The molecule has 2 saturated heterocycles. The molecule has 3 aliphatic heterocycles. The molecule has 8 rings (SSSR count). The molecule has 3 aliphatic carbocycles. The normalized spacial score (nSPS) is 31.1. The molecule has 2 bridgehead atoms. The second-order valence-electron chi connectivity index (χ2n) is 16.4. The van der Waals surface area contributed by atoms with E-state index in [-0.39, 0.29) is 66.0 Å². The van der Waals surface area contributed by atoms with Crippen molar-refractivity contribution in [3.8, 4) is 5.75 Å². The van der Waals surface area contributed by atoms with E-state index >= 15 is 8.78 Å². The van der Waals surface area contributed by atoms with Gasteiger partial charge in [-0.25, -0.2) is 18.7 Å². The van der Waals surface area contributed by atoms with E-state index in [9.17, 15) is 23.5 Å². The summed E-state index contributed by atoms with van der Waals surface area (Å²) >= 11 is 0. The summed E-state index contributed by atoms with van der Waals surface area (Å²) in [6, 6.07) is 5.77. The summed E-state index contributed by atoms with van der Waals surface area (Å²) < 4.78 is 69.5. The average Bonchev–Trinajstić information content (AvgIpc) is 3.39. The van der Waals surface area contributed by atoms with Gasteiger partial charge < -0.3 is 24.8 Å². The van der Waals surface area contributed by atoms with Gasteiger partial charge in [0.25, 0.3) is 17.8 Å². The van der Waals surface area contributed by atoms with E-state index in [1.165, 1.54) is 6.20 Å². The molecule has 14 heteroatoms. The molecule has 0 radical (unpaired) electrons. The number of anilines is 2. The van der Waals surface area contributed by atoms with Gasteiger partial charge >= 0.3 is 5.97 Å². The lowest BCUT2D eigenvalue weighted by atomic mass is 9.66. The van der Waals surface area contributed by atoms with Gasteiger partial charge in [0.05, 0.1) is 30.7 Å². The highest BCUT2D eigenvalue weighted by molar-refractivity contribution is 5.95. The topological polar surface area (TPSA) is 117 Å². The highest BCUT2D eigenvalue weighted by atomic mass is 19.3. The van der Waals surface area contributed by atoms with Crippen molar-refractivity contribution in [1.29, 1.82) is 0 Å². The number of nitrogens with zero attached hydrogens (tertiary/aromatic N) is 4. The summed E-state index contributed by atoms with van der Waals surface area (Å²) in [4.78, 5) is 37.8. The molecule has 282 valence electrons. The Bertz CT molecular complexity index is 1670. The van der Waals surface area contributed by atoms with Crippen molar-refractivity contribution in [3.63, 3.8) is 0 Å². The van der Waals surface area contributed by atoms with E-state index in [1.54, 1.807) is 0 Å². The van der Waals surface area contributed by atoms with Crippen LogP contribution in [0.3, 0.4) is 0 Å². The molecule has 10 nitrogen and oxygen atoms in total. The molecule has 3 saturated carbocycles. The first kappa shape index (κ1) is 35.5. The van der Waals surface area contributed by atoms with Crippen LogP contribution in [0.4, 0.5) is 29.2 Å². The van der Waals surface area contributed by atoms with E-state index in [0.717, 1.165) is 63.1 Å². The lowest BCUT2D eigenvalue weighted by Gasteiger charge is -2.46. The minimum Gasteiger partial charge on any atom is -0.490 e. The zero-order chi connectivity index (χ0) is 36.4. The Kier molecular flexibility index (Phi) is 9.15. The number of halogens is 4. The molecule has 5 fully saturated rings. The Morgan fingerprint density at radius 1 is 1.00 bits per heavy atom. The first-order valence-corrected chi connectivity index (χ1v) is 18.8. The van der Waals surface area contributed by atoms with Crippen molar-refractivity contribution in [3.05, 3.63) is 41.2 Å². The molecule has 1 amide bonds. The van der Waals surface area contributed by atoms with E-state index in [4.69, 9.17) is 9.47 Å². The predicted molar refractivity (Wildman–Crippen MR) is 182 cm³/mol. The molecular formula is C38H47F4N5O5. The molecule has 2 atom stereocenters. The minimum absolute atomic E-state index is 0.0227. The van der Waals surface area contributed by atoms with Crippen LogP contribution in [0.15, 0.2) is 24.4 Å². The fraction of sp³-hybridized carbons (Fsp3) is 0.684. The standard InChI is InChI=1S/C38H47F4N5O5/c1-36(39,40)32-29(33(48)44-25-15-22-12-23(16-25)14-24(13-22)34(49)50)18-43-35(45-32)47-19-37(8-10-51-11-9-37)30-17-28(6-7-31(30)47)52-27-4-2-26(3-5-27)46-20-38(41,42)21-46/h6-7,17-18,22-27H,2-5,8-16,19-21H2,1H3,(H,44,48)(H,49,50)/t22?,23?,24?,25?,26-,27+. The summed E-state index contributed by atoms with van der Waals surface area (Å²) in [6.45, 7) is 1.98. The van der Waals surface area contributed by atoms with Crippen LogP contribution in [0.25, 0.3) is 0 Å². The van der Waals surface area contributed by atoms with Crippen LogP contribution in [0.2, 0.25) is 0 Å². The lowest BCUT2D eigenvalue weighted by Crippen LogP contribution is -2.60. The number of hydrogen-bond donors (Lipinski definition) is 2. The number of hydrogen-bond acceptors (Lipinski definition) is 8. The summed E-state index contributed by atoms with van der Waals surface area (Å²) in [5, 5.41) is 12.5. The summed E-state index contributed by atoms with van der Waals surface area (Å²) in [5.74, 6) is -6.65.